The Bertz CT molecular complexity index is 1140. The molecule has 220 valence electrons. The van der Waals surface area contributed by atoms with E-state index in [-0.39, 0.29) is 11.8 Å². The van der Waals surface area contributed by atoms with Crippen LogP contribution in [-0.4, -0.2) is 72.2 Å². The van der Waals surface area contributed by atoms with Crippen molar-refractivity contribution < 1.29 is 19.0 Å². The highest BCUT2D eigenvalue weighted by Crippen LogP contribution is 2.36. The fraction of sp³-hybridized carbons (Fsp3) is 0.625. The van der Waals surface area contributed by atoms with Crippen LogP contribution in [0.3, 0.4) is 0 Å². The predicted molar refractivity (Wildman–Crippen MR) is 158 cm³/mol. The van der Waals surface area contributed by atoms with Crippen molar-refractivity contribution in [1.82, 2.24) is 14.8 Å². The lowest BCUT2D eigenvalue weighted by Gasteiger charge is -2.28. The van der Waals surface area contributed by atoms with Crippen molar-refractivity contribution in [3.8, 4) is 5.75 Å². The number of aliphatic carboxylic acids is 1. The maximum atomic E-state index is 15.0. The second-order valence-corrected chi connectivity index (χ2v) is 11.9. The van der Waals surface area contributed by atoms with Crippen LogP contribution in [0.2, 0.25) is 0 Å². The van der Waals surface area contributed by atoms with Gasteiger partial charge >= 0.3 is 5.97 Å². The predicted octanol–water partition coefficient (Wildman–Crippen LogP) is 5.72. The van der Waals surface area contributed by atoms with Crippen molar-refractivity contribution in [2.45, 2.75) is 83.7 Å². The number of hydrogen-bond acceptors (Lipinski definition) is 6. The first-order chi connectivity index (χ1) is 19.3. The summed E-state index contributed by atoms with van der Waals surface area (Å²) < 4.78 is 20.4. The van der Waals surface area contributed by atoms with Gasteiger partial charge in [-0.2, -0.15) is 0 Å². The van der Waals surface area contributed by atoms with E-state index >= 15 is 0 Å². The van der Waals surface area contributed by atoms with Gasteiger partial charge in [-0.25, -0.2) is 9.37 Å². The van der Waals surface area contributed by atoms with Gasteiger partial charge in [0.25, 0.3) is 0 Å². The quantitative estimate of drug-likeness (QED) is 0.289. The maximum Gasteiger partial charge on any atom is 0.325 e. The highest BCUT2D eigenvalue weighted by molar-refractivity contribution is 5.77. The molecule has 2 aliphatic rings. The molecule has 2 aliphatic heterocycles. The topological polar surface area (TPSA) is 77.9 Å². The largest absolute Gasteiger partial charge is 0.493 e. The van der Waals surface area contributed by atoms with Crippen LogP contribution in [0.4, 0.5) is 10.2 Å². The summed E-state index contributed by atoms with van der Waals surface area (Å²) in [5.74, 6) is 0.141. The van der Waals surface area contributed by atoms with Gasteiger partial charge in [0.1, 0.15) is 11.9 Å². The number of pyridine rings is 1. The molecule has 0 amide bonds. The molecule has 2 N–H and O–H groups in total. The Kier molecular flexibility index (Phi) is 10.8. The molecular weight excluding hydrogens is 507 g/mol. The number of likely N-dealkylation sites (N-methyl/N-ethyl adjacent to an activating group) is 1. The number of halogens is 1. The average molecular weight is 555 g/mol. The molecule has 1 saturated heterocycles. The molecule has 1 fully saturated rings. The minimum Gasteiger partial charge on any atom is -0.493 e. The van der Waals surface area contributed by atoms with Crippen molar-refractivity contribution >= 4 is 11.8 Å². The fourth-order valence-corrected chi connectivity index (χ4v) is 6.07. The number of methoxy groups -OCH3 is 1. The van der Waals surface area contributed by atoms with Gasteiger partial charge in [0, 0.05) is 36.9 Å². The first-order valence-electron chi connectivity index (χ1n) is 15.0. The molecular formula is C32H47FN4O3. The molecule has 2 aromatic rings. The number of benzene rings is 1. The van der Waals surface area contributed by atoms with Crippen molar-refractivity contribution in [1.29, 1.82) is 0 Å². The number of aryl methyl sites for hydroxylation is 3. The van der Waals surface area contributed by atoms with Crippen molar-refractivity contribution in [3.63, 3.8) is 0 Å². The average Bonchev–Trinajstić information content (AvgIpc) is 3.41. The number of anilines is 1. The van der Waals surface area contributed by atoms with Crippen LogP contribution in [-0.2, 0) is 24.1 Å². The van der Waals surface area contributed by atoms with Gasteiger partial charge in [0.2, 0.25) is 0 Å². The van der Waals surface area contributed by atoms with E-state index in [0.717, 1.165) is 75.1 Å². The SMILES string of the molecule is COc1c(F)cc(CCC(C)C)cc1C(C(=O)O)N1CC[C@@H](N(C)CCCCCc2ccc3c(n2)NCCC3)C1. The molecule has 0 saturated carbocycles. The van der Waals surface area contributed by atoms with E-state index in [2.05, 4.69) is 43.2 Å². The standard InChI is InChI=1S/C32H47FN4O3/c1-22(2)11-12-23-19-27(30(40-4)28(33)20-23)29(32(38)39)37-18-15-26(21-37)36(3)17-7-5-6-10-25-14-13-24-9-8-16-34-31(24)35-25/h13-14,19-20,22,26,29H,5-12,15-18,21H2,1-4H3,(H,34,35)(H,38,39)/t26-,29?/m1/s1. The van der Waals surface area contributed by atoms with Gasteiger partial charge < -0.3 is 20.1 Å². The molecule has 2 atom stereocenters. The molecule has 40 heavy (non-hydrogen) atoms. The zero-order chi connectivity index (χ0) is 28.6. The van der Waals surface area contributed by atoms with E-state index in [4.69, 9.17) is 9.72 Å². The Morgan fingerprint density at radius 2 is 2.08 bits per heavy atom. The van der Waals surface area contributed by atoms with Crippen molar-refractivity contribution in [2.75, 3.05) is 45.7 Å². The number of rotatable bonds is 14. The third-order valence-corrected chi connectivity index (χ3v) is 8.45. The van der Waals surface area contributed by atoms with E-state index in [1.54, 1.807) is 0 Å². The Morgan fingerprint density at radius 3 is 2.83 bits per heavy atom. The number of hydrogen-bond donors (Lipinski definition) is 2. The highest BCUT2D eigenvalue weighted by atomic mass is 19.1. The van der Waals surface area contributed by atoms with Gasteiger partial charge in [-0.15, -0.1) is 0 Å². The van der Waals surface area contributed by atoms with Gasteiger partial charge in [-0.3, -0.25) is 9.69 Å². The van der Waals surface area contributed by atoms with Crippen LogP contribution in [0.5, 0.6) is 5.75 Å². The molecule has 0 spiro atoms. The van der Waals surface area contributed by atoms with Crippen LogP contribution in [0.1, 0.15) is 80.8 Å². The smallest absolute Gasteiger partial charge is 0.325 e. The number of nitrogens with zero attached hydrogens (tertiary/aromatic N) is 3. The first-order valence-corrected chi connectivity index (χ1v) is 15.0. The van der Waals surface area contributed by atoms with Crippen LogP contribution in [0.25, 0.3) is 0 Å². The minimum absolute atomic E-state index is 0.0432. The van der Waals surface area contributed by atoms with E-state index in [1.807, 2.05) is 11.0 Å². The van der Waals surface area contributed by atoms with Crippen LogP contribution in [0, 0.1) is 11.7 Å². The Labute approximate surface area is 239 Å². The van der Waals surface area contributed by atoms with Gasteiger partial charge in [0.05, 0.1) is 7.11 Å². The first kappa shape index (κ1) is 30.3. The number of likely N-dealkylation sites (tertiary alicyclic amines) is 1. The summed E-state index contributed by atoms with van der Waals surface area (Å²) in [6.07, 6.45) is 9.13. The monoisotopic (exact) mass is 554 g/mol. The van der Waals surface area contributed by atoms with Gasteiger partial charge in [-0.1, -0.05) is 26.3 Å². The number of carbonyl (C=O) groups is 1. The maximum absolute atomic E-state index is 15.0. The summed E-state index contributed by atoms with van der Waals surface area (Å²) >= 11 is 0. The zero-order valence-corrected chi connectivity index (χ0v) is 24.7. The molecule has 8 heteroatoms. The van der Waals surface area contributed by atoms with E-state index in [9.17, 15) is 14.3 Å². The molecule has 7 nitrogen and oxygen atoms in total. The summed E-state index contributed by atoms with van der Waals surface area (Å²) in [4.78, 5) is 21.7. The minimum atomic E-state index is -0.965. The number of carboxylic acids is 1. The van der Waals surface area contributed by atoms with Crippen LogP contribution in [0.15, 0.2) is 24.3 Å². The Morgan fingerprint density at radius 1 is 1.25 bits per heavy atom. The summed E-state index contributed by atoms with van der Waals surface area (Å²) in [5.41, 5.74) is 3.73. The number of fused-ring (bicyclic) bond motifs is 1. The second-order valence-electron chi connectivity index (χ2n) is 11.9. The molecule has 3 heterocycles. The summed E-state index contributed by atoms with van der Waals surface area (Å²) in [6, 6.07) is 7.07. The normalized spacial score (nSPS) is 18.1. The Hall–Kier alpha value is -2.71. The summed E-state index contributed by atoms with van der Waals surface area (Å²) in [5, 5.41) is 13.7. The summed E-state index contributed by atoms with van der Waals surface area (Å²) in [6.45, 7) is 7.54. The summed E-state index contributed by atoms with van der Waals surface area (Å²) in [7, 11) is 3.54. The van der Waals surface area contributed by atoms with Gasteiger partial charge in [-0.05, 0) is 100 Å². The molecule has 0 radical (unpaired) electrons. The number of carboxylic acid groups (broad SMARTS) is 1. The molecule has 0 bridgehead atoms. The van der Waals surface area contributed by atoms with Crippen molar-refractivity contribution in [3.05, 3.63) is 52.5 Å². The fourth-order valence-electron chi connectivity index (χ4n) is 6.07. The third-order valence-electron chi connectivity index (χ3n) is 8.45. The van der Waals surface area contributed by atoms with Gasteiger partial charge in [0.15, 0.2) is 11.6 Å². The number of nitrogens with one attached hydrogen (secondary N) is 1. The molecule has 0 aliphatic carbocycles. The molecule has 1 unspecified atom stereocenters. The Balaban J connectivity index is 1.30. The second kappa shape index (κ2) is 14.3. The number of unbranched alkanes of at least 4 members (excludes halogenated alkanes) is 2. The molecule has 1 aromatic heterocycles. The lowest BCUT2D eigenvalue weighted by atomic mass is 9.96. The lowest BCUT2D eigenvalue weighted by Crippen LogP contribution is -2.38. The lowest BCUT2D eigenvalue weighted by molar-refractivity contribution is -0.143. The zero-order valence-electron chi connectivity index (χ0n) is 24.7. The highest BCUT2D eigenvalue weighted by Gasteiger charge is 2.37. The molecule has 1 aromatic carbocycles. The molecule has 4 rings (SSSR count). The van der Waals surface area contributed by atoms with Crippen LogP contribution < -0.4 is 10.1 Å². The van der Waals surface area contributed by atoms with E-state index in [1.165, 1.54) is 25.2 Å². The van der Waals surface area contributed by atoms with E-state index < -0.39 is 17.8 Å². The van der Waals surface area contributed by atoms with Crippen LogP contribution >= 0.6 is 0 Å². The third kappa shape index (κ3) is 7.72. The van der Waals surface area contributed by atoms with Crippen molar-refractivity contribution in [2.24, 2.45) is 5.92 Å². The number of aromatic nitrogens is 1. The number of ether oxygens (including phenoxy) is 1. The van der Waals surface area contributed by atoms with E-state index in [0.29, 0.717) is 31.0 Å².